The van der Waals surface area contributed by atoms with Gasteiger partial charge in [-0.2, -0.15) is 5.26 Å². The molecule has 2 atom stereocenters. The zero-order valence-electron chi connectivity index (χ0n) is 13.4. The lowest BCUT2D eigenvalue weighted by molar-refractivity contribution is -0.0939. The summed E-state index contributed by atoms with van der Waals surface area (Å²) in [5.74, 6) is 0. The first-order valence-corrected chi connectivity index (χ1v) is 8.02. The Morgan fingerprint density at radius 1 is 1.33 bits per heavy atom. The summed E-state index contributed by atoms with van der Waals surface area (Å²) in [6.45, 7) is 7.47. The Morgan fingerprint density at radius 2 is 2.00 bits per heavy atom. The molecule has 0 amide bonds. The number of nitrogens with zero attached hydrogens (tertiary/aromatic N) is 1. The molecule has 1 aliphatic rings. The summed E-state index contributed by atoms with van der Waals surface area (Å²) in [7, 11) is 0. The molecule has 2 rings (SSSR count). The maximum Gasteiger partial charge on any atom is 0.0991 e. The topological polar surface area (TPSA) is 45.0 Å². The molecule has 1 heterocycles. The van der Waals surface area contributed by atoms with Gasteiger partial charge >= 0.3 is 0 Å². The number of nitrogens with one attached hydrogen (secondary N) is 1. The Hall–Kier alpha value is -1.37. The van der Waals surface area contributed by atoms with Crippen molar-refractivity contribution in [3.63, 3.8) is 0 Å². The molecule has 2 unspecified atom stereocenters. The van der Waals surface area contributed by atoms with Crippen LogP contribution < -0.4 is 5.32 Å². The van der Waals surface area contributed by atoms with Crippen molar-refractivity contribution in [3.8, 4) is 6.07 Å². The maximum absolute atomic E-state index is 8.86. The SMILES string of the molecule is CCC1(CC)CC(NC(C)c2ccc(C#N)cc2)CCO1. The van der Waals surface area contributed by atoms with Crippen molar-refractivity contribution in [2.75, 3.05) is 6.61 Å². The first kappa shape index (κ1) is 16.0. The quantitative estimate of drug-likeness (QED) is 0.891. The third-order valence-electron chi connectivity index (χ3n) is 4.81. The van der Waals surface area contributed by atoms with Gasteiger partial charge in [-0.3, -0.25) is 0 Å². The highest BCUT2D eigenvalue weighted by Gasteiger charge is 2.34. The minimum Gasteiger partial charge on any atom is -0.375 e. The molecular formula is C18H26N2O. The molecule has 0 radical (unpaired) electrons. The Morgan fingerprint density at radius 3 is 2.57 bits per heavy atom. The van der Waals surface area contributed by atoms with E-state index in [1.807, 2.05) is 24.3 Å². The number of nitriles is 1. The van der Waals surface area contributed by atoms with E-state index in [-0.39, 0.29) is 5.60 Å². The van der Waals surface area contributed by atoms with E-state index in [9.17, 15) is 0 Å². The lowest BCUT2D eigenvalue weighted by atomic mass is 9.85. The standard InChI is InChI=1S/C18H26N2O/c1-4-18(5-2)12-17(10-11-21-18)20-14(3)16-8-6-15(13-19)7-9-16/h6-9,14,17,20H,4-5,10-12H2,1-3H3. The molecular weight excluding hydrogens is 260 g/mol. The first-order chi connectivity index (χ1) is 10.1. The van der Waals surface area contributed by atoms with E-state index < -0.39 is 0 Å². The normalized spacial score (nSPS) is 22.5. The number of hydrogen-bond donors (Lipinski definition) is 1. The smallest absolute Gasteiger partial charge is 0.0991 e. The second kappa shape index (κ2) is 7.06. The third kappa shape index (κ3) is 3.84. The first-order valence-electron chi connectivity index (χ1n) is 8.02. The van der Waals surface area contributed by atoms with Crippen molar-refractivity contribution in [1.82, 2.24) is 5.32 Å². The van der Waals surface area contributed by atoms with E-state index in [1.165, 1.54) is 5.56 Å². The molecule has 21 heavy (non-hydrogen) atoms. The third-order valence-corrected chi connectivity index (χ3v) is 4.81. The summed E-state index contributed by atoms with van der Waals surface area (Å²) >= 11 is 0. The lowest BCUT2D eigenvalue weighted by Gasteiger charge is -2.41. The van der Waals surface area contributed by atoms with Gasteiger partial charge in [-0.15, -0.1) is 0 Å². The van der Waals surface area contributed by atoms with Gasteiger partial charge in [0.15, 0.2) is 0 Å². The van der Waals surface area contributed by atoms with Crippen molar-refractivity contribution < 1.29 is 4.74 Å². The second-order valence-electron chi connectivity index (χ2n) is 6.05. The molecule has 1 aromatic carbocycles. The van der Waals surface area contributed by atoms with E-state index in [2.05, 4.69) is 32.2 Å². The van der Waals surface area contributed by atoms with Crippen LogP contribution in [0.5, 0.6) is 0 Å². The molecule has 0 aromatic heterocycles. The zero-order chi connectivity index (χ0) is 15.3. The van der Waals surface area contributed by atoms with Crippen LogP contribution in [0.15, 0.2) is 24.3 Å². The van der Waals surface area contributed by atoms with Crippen molar-refractivity contribution in [3.05, 3.63) is 35.4 Å². The predicted molar refractivity (Wildman–Crippen MR) is 85.0 cm³/mol. The highest BCUT2D eigenvalue weighted by atomic mass is 16.5. The van der Waals surface area contributed by atoms with E-state index in [4.69, 9.17) is 10.00 Å². The van der Waals surface area contributed by atoms with Gasteiger partial charge in [0.1, 0.15) is 0 Å². The summed E-state index contributed by atoms with van der Waals surface area (Å²) in [6, 6.07) is 10.8. The Bertz CT molecular complexity index is 485. The van der Waals surface area contributed by atoms with Gasteiger partial charge in [0.05, 0.1) is 17.2 Å². The Balaban J connectivity index is 1.98. The minimum absolute atomic E-state index is 0.0559. The van der Waals surface area contributed by atoms with Crippen LogP contribution in [0.25, 0.3) is 0 Å². The van der Waals surface area contributed by atoms with E-state index in [0.29, 0.717) is 17.6 Å². The van der Waals surface area contributed by atoms with Crippen LogP contribution >= 0.6 is 0 Å². The van der Waals surface area contributed by atoms with Gasteiger partial charge in [0, 0.05) is 18.7 Å². The second-order valence-corrected chi connectivity index (χ2v) is 6.05. The molecule has 1 saturated heterocycles. The Labute approximate surface area is 128 Å². The fourth-order valence-electron chi connectivity index (χ4n) is 3.21. The van der Waals surface area contributed by atoms with Gasteiger partial charge in [0.25, 0.3) is 0 Å². The summed E-state index contributed by atoms with van der Waals surface area (Å²) in [4.78, 5) is 0. The zero-order valence-corrected chi connectivity index (χ0v) is 13.4. The lowest BCUT2D eigenvalue weighted by Crippen LogP contribution is -2.47. The molecule has 114 valence electrons. The fraction of sp³-hybridized carbons (Fsp3) is 0.611. The average Bonchev–Trinajstić information content (AvgIpc) is 2.55. The maximum atomic E-state index is 8.86. The van der Waals surface area contributed by atoms with Gasteiger partial charge in [0.2, 0.25) is 0 Å². The van der Waals surface area contributed by atoms with Gasteiger partial charge in [-0.1, -0.05) is 26.0 Å². The number of ether oxygens (including phenoxy) is 1. The van der Waals surface area contributed by atoms with Crippen molar-refractivity contribution >= 4 is 0 Å². The number of benzene rings is 1. The molecule has 0 aliphatic carbocycles. The molecule has 3 nitrogen and oxygen atoms in total. The molecule has 3 heteroatoms. The van der Waals surface area contributed by atoms with Crippen LogP contribution in [0.1, 0.15) is 63.6 Å². The van der Waals surface area contributed by atoms with Crippen molar-refractivity contribution in [2.24, 2.45) is 0 Å². The van der Waals surface area contributed by atoms with Gasteiger partial charge in [-0.05, 0) is 50.3 Å². The molecule has 1 aliphatic heterocycles. The van der Waals surface area contributed by atoms with Crippen LogP contribution in [-0.4, -0.2) is 18.2 Å². The molecule has 0 spiro atoms. The largest absolute Gasteiger partial charge is 0.375 e. The van der Waals surface area contributed by atoms with Crippen LogP contribution in [-0.2, 0) is 4.74 Å². The number of hydrogen-bond acceptors (Lipinski definition) is 3. The van der Waals surface area contributed by atoms with Crippen LogP contribution in [0.2, 0.25) is 0 Å². The van der Waals surface area contributed by atoms with E-state index >= 15 is 0 Å². The molecule has 1 aromatic rings. The van der Waals surface area contributed by atoms with Crippen LogP contribution in [0.4, 0.5) is 0 Å². The number of rotatable bonds is 5. The highest BCUT2D eigenvalue weighted by molar-refractivity contribution is 5.32. The van der Waals surface area contributed by atoms with Crippen molar-refractivity contribution in [2.45, 2.75) is 64.1 Å². The summed E-state index contributed by atoms with van der Waals surface area (Å²) < 4.78 is 6.04. The van der Waals surface area contributed by atoms with Gasteiger partial charge < -0.3 is 10.1 Å². The van der Waals surface area contributed by atoms with E-state index in [0.717, 1.165) is 32.3 Å². The summed E-state index contributed by atoms with van der Waals surface area (Å²) in [5.41, 5.74) is 2.01. The molecule has 1 N–H and O–H groups in total. The molecule has 0 saturated carbocycles. The van der Waals surface area contributed by atoms with Crippen molar-refractivity contribution in [1.29, 1.82) is 5.26 Å². The average molecular weight is 286 g/mol. The summed E-state index contributed by atoms with van der Waals surface area (Å²) in [6.07, 6.45) is 4.31. The van der Waals surface area contributed by atoms with Crippen LogP contribution in [0, 0.1) is 11.3 Å². The minimum atomic E-state index is 0.0559. The molecule has 1 fully saturated rings. The Kier molecular flexibility index (Phi) is 5.39. The van der Waals surface area contributed by atoms with Gasteiger partial charge in [-0.25, -0.2) is 0 Å². The molecule has 0 bridgehead atoms. The monoisotopic (exact) mass is 286 g/mol. The van der Waals surface area contributed by atoms with Crippen LogP contribution in [0.3, 0.4) is 0 Å². The highest BCUT2D eigenvalue weighted by Crippen LogP contribution is 2.32. The summed E-state index contributed by atoms with van der Waals surface area (Å²) in [5, 5.41) is 12.6. The fourth-order valence-corrected chi connectivity index (χ4v) is 3.21. The van der Waals surface area contributed by atoms with E-state index in [1.54, 1.807) is 0 Å². The predicted octanol–water partition coefficient (Wildman–Crippen LogP) is 3.95.